The van der Waals surface area contributed by atoms with Crippen LogP contribution in [0.4, 0.5) is 0 Å². The minimum atomic E-state index is 0. The lowest BCUT2D eigenvalue weighted by molar-refractivity contribution is 0.0944. The van der Waals surface area contributed by atoms with Crippen LogP contribution in [0.2, 0.25) is 0 Å². The predicted octanol–water partition coefficient (Wildman–Crippen LogP) is 3.89. The third kappa shape index (κ3) is 9.56. The van der Waals surface area contributed by atoms with Gasteiger partial charge in [0.05, 0.1) is 13.2 Å². The minimum Gasteiger partial charge on any atom is -0.376 e. The molecule has 0 spiro atoms. The van der Waals surface area contributed by atoms with Crippen LogP contribution >= 0.6 is 24.0 Å². The highest BCUT2D eigenvalue weighted by molar-refractivity contribution is 14.0. The number of rotatable bonds is 9. The maximum atomic E-state index is 5.84. The summed E-state index contributed by atoms with van der Waals surface area (Å²) in [4.78, 5) is 7.34. The molecule has 2 N–H and O–H groups in total. The molecule has 1 aromatic rings. The summed E-state index contributed by atoms with van der Waals surface area (Å²) in [6.07, 6.45) is 2.36. The zero-order chi connectivity index (χ0) is 19.5. The number of likely N-dealkylation sites (tertiary alicyclic amines) is 1. The molecule has 28 heavy (non-hydrogen) atoms. The summed E-state index contributed by atoms with van der Waals surface area (Å²) < 4.78 is 5.84. The molecule has 1 aliphatic rings. The zero-order valence-electron chi connectivity index (χ0n) is 18.0. The van der Waals surface area contributed by atoms with Crippen LogP contribution in [0.5, 0.6) is 0 Å². The lowest BCUT2D eigenvalue weighted by atomic mass is 10.0. The molecule has 0 radical (unpaired) electrons. The van der Waals surface area contributed by atoms with E-state index in [1.165, 1.54) is 31.5 Å². The molecule has 1 heterocycles. The molecule has 0 aliphatic carbocycles. The Kier molecular flexibility index (Phi) is 12.7. The Hall–Kier alpha value is -0.860. The summed E-state index contributed by atoms with van der Waals surface area (Å²) in [6.45, 7) is 14.2. The van der Waals surface area contributed by atoms with E-state index in [-0.39, 0.29) is 24.0 Å². The summed E-state index contributed by atoms with van der Waals surface area (Å²) in [7, 11) is 0. The van der Waals surface area contributed by atoms with Gasteiger partial charge in [0, 0.05) is 38.3 Å². The van der Waals surface area contributed by atoms with Gasteiger partial charge in [-0.2, -0.15) is 0 Å². The van der Waals surface area contributed by atoms with E-state index in [4.69, 9.17) is 9.73 Å². The lowest BCUT2D eigenvalue weighted by Crippen LogP contribution is -2.50. The number of nitrogens with zero attached hydrogens (tertiary/aromatic N) is 2. The van der Waals surface area contributed by atoms with Gasteiger partial charge in [-0.3, -0.25) is 4.99 Å². The molecule has 1 fully saturated rings. The number of halogens is 1. The first-order valence-corrected chi connectivity index (χ1v) is 10.5. The van der Waals surface area contributed by atoms with Gasteiger partial charge in [0.1, 0.15) is 0 Å². The molecule has 160 valence electrons. The zero-order valence-corrected chi connectivity index (χ0v) is 20.3. The fraction of sp³-hybridized carbons (Fsp3) is 0.682. The molecule has 1 aromatic carbocycles. The summed E-state index contributed by atoms with van der Waals surface area (Å²) in [5.41, 5.74) is 1.22. The number of ether oxygens (including phenoxy) is 1. The van der Waals surface area contributed by atoms with Crippen molar-refractivity contribution in [2.45, 2.75) is 59.2 Å². The quantitative estimate of drug-likeness (QED) is 0.306. The SMILES string of the molecule is CCNC(=NCC(C)COCc1ccccc1)NC1CCN(C(C)C)CC1.I. The van der Waals surface area contributed by atoms with E-state index in [2.05, 4.69) is 55.4 Å². The Labute approximate surface area is 188 Å². The number of benzene rings is 1. The van der Waals surface area contributed by atoms with Crippen molar-refractivity contribution in [2.24, 2.45) is 10.9 Å². The van der Waals surface area contributed by atoms with Gasteiger partial charge in [0.25, 0.3) is 0 Å². The van der Waals surface area contributed by atoms with Crippen LogP contribution in [0.3, 0.4) is 0 Å². The Bertz CT molecular complexity index is 545. The first-order valence-electron chi connectivity index (χ1n) is 10.5. The van der Waals surface area contributed by atoms with Crippen molar-refractivity contribution < 1.29 is 4.74 Å². The molecule has 5 nitrogen and oxygen atoms in total. The topological polar surface area (TPSA) is 48.9 Å². The standard InChI is InChI=1S/C22H38N4O.HI/c1-5-23-22(25-21-11-13-26(14-12-21)18(2)3)24-15-19(4)16-27-17-20-9-7-6-8-10-20;/h6-10,18-19,21H,5,11-17H2,1-4H3,(H2,23,24,25);1H. The van der Waals surface area contributed by atoms with Gasteiger partial charge < -0.3 is 20.3 Å². The van der Waals surface area contributed by atoms with E-state index in [1.807, 2.05) is 18.2 Å². The highest BCUT2D eigenvalue weighted by Gasteiger charge is 2.21. The largest absolute Gasteiger partial charge is 0.376 e. The maximum Gasteiger partial charge on any atom is 0.191 e. The Morgan fingerprint density at radius 1 is 1.18 bits per heavy atom. The van der Waals surface area contributed by atoms with Crippen molar-refractivity contribution in [3.8, 4) is 0 Å². The molecule has 0 saturated carbocycles. The molecule has 1 aliphatic heterocycles. The first kappa shape index (κ1) is 25.2. The van der Waals surface area contributed by atoms with Crippen molar-refractivity contribution in [2.75, 3.05) is 32.8 Å². The summed E-state index contributed by atoms with van der Waals surface area (Å²) in [5.74, 6) is 1.34. The normalized spacial score (nSPS) is 17.2. The van der Waals surface area contributed by atoms with Crippen LogP contribution in [0.25, 0.3) is 0 Å². The van der Waals surface area contributed by atoms with E-state index < -0.39 is 0 Å². The summed E-state index contributed by atoms with van der Waals surface area (Å²) in [6, 6.07) is 11.5. The van der Waals surface area contributed by atoms with Crippen LogP contribution in [-0.4, -0.2) is 55.7 Å². The highest BCUT2D eigenvalue weighted by atomic mass is 127. The summed E-state index contributed by atoms with van der Waals surface area (Å²) >= 11 is 0. The smallest absolute Gasteiger partial charge is 0.191 e. The average molecular weight is 502 g/mol. The molecule has 6 heteroatoms. The second-order valence-electron chi connectivity index (χ2n) is 7.87. The van der Waals surface area contributed by atoms with E-state index >= 15 is 0 Å². The first-order chi connectivity index (χ1) is 13.1. The van der Waals surface area contributed by atoms with Crippen molar-refractivity contribution in [1.82, 2.24) is 15.5 Å². The number of hydrogen-bond acceptors (Lipinski definition) is 3. The van der Waals surface area contributed by atoms with E-state index in [1.54, 1.807) is 0 Å². The van der Waals surface area contributed by atoms with Gasteiger partial charge in [0.15, 0.2) is 5.96 Å². The van der Waals surface area contributed by atoms with Gasteiger partial charge >= 0.3 is 0 Å². The molecule has 1 saturated heterocycles. The molecule has 0 aromatic heterocycles. The van der Waals surface area contributed by atoms with E-state index in [0.29, 0.717) is 24.6 Å². The van der Waals surface area contributed by atoms with E-state index in [9.17, 15) is 0 Å². The minimum absolute atomic E-state index is 0. The Balaban J connectivity index is 0.00000392. The predicted molar refractivity (Wildman–Crippen MR) is 130 cm³/mol. The number of hydrogen-bond donors (Lipinski definition) is 2. The monoisotopic (exact) mass is 502 g/mol. The Morgan fingerprint density at radius 2 is 1.86 bits per heavy atom. The fourth-order valence-corrected chi connectivity index (χ4v) is 3.33. The number of nitrogens with one attached hydrogen (secondary N) is 2. The average Bonchev–Trinajstić information content (AvgIpc) is 2.67. The van der Waals surface area contributed by atoms with Crippen LogP contribution in [0.1, 0.15) is 46.1 Å². The summed E-state index contributed by atoms with van der Waals surface area (Å²) in [5, 5.41) is 7.01. The number of aliphatic imine (C=N–C) groups is 1. The van der Waals surface area contributed by atoms with Gasteiger partial charge in [-0.25, -0.2) is 0 Å². The van der Waals surface area contributed by atoms with Gasteiger partial charge in [0.2, 0.25) is 0 Å². The lowest BCUT2D eigenvalue weighted by Gasteiger charge is -2.35. The van der Waals surface area contributed by atoms with E-state index in [0.717, 1.165) is 25.7 Å². The van der Waals surface area contributed by atoms with Crippen molar-refractivity contribution in [3.05, 3.63) is 35.9 Å². The van der Waals surface area contributed by atoms with Crippen molar-refractivity contribution in [3.63, 3.8) is 0 Å². The van der Waals surface area contributed by atoms with Gasteiger partial charge in [-0.1, -0.05) is 37.3 Å². The fourth-order valence-electron chi connectivity index (χ4n) is 3.33. The molecule has 0 bridgehead atoms. The third-order valence-electron chi connectivity index (χ3n) is 5.02. The second kappa shape index (κ2) is 14.2. The van der Waals surface area contributed by atoms with Gasteiger partial charge in [-0.15, -0.1) is 24.0 Å². The molecular weight excluding hydrogens is 463 g/mol. The molecule has 1 unspecified atom stereocenters. The maximum absolute atomic E-state index is 5.84. The van der Waals surface area contributed by atoms with Crippen LogP contribution < -0.4 is 10.6 Å². The van der Waals surface area contributed by atoms with Crippen LogP contribution in [-0.2, 0) is 11.3 Å². The second-order valence-corrected chi connectivity index (χ2v) is 7.87. The molecule has 1 atom stereocenters. The molecule has 0 amide bonds. The third-order valence-corrected chi connectivity index (χ3v) is 5.02. The van der Waals surface area contributed by atoms with Crippen LogP contribution in [0, 0.1) is 5.92 Å². The number of piperidine rings is 1. The van der Waals surface area contributed by atoms with Crippen molar-refractivity contribution >= 4 is 29.9 Å². The molecule has 2 rings (SSSR count). The highest BCUT2D eigenvalue weighted by Crippen LogP contribution is 2.13. The van der Waals surface area contributed by atoms with Gasteiger partial charge in [-0.05, 0) is 45.1 Å². The molecular formula is C22H39IN4O. The Morgan fingerprint density at radius 3 is 2.46 bits per heavy atom. The number of guanidine groups is 1. The van der Waals surface area contributed by atoms with Crippen molar-refractivity contribution in [1.29, 1.82) is 0 Å². The van der Waals surface area contributed by atoms with Crippen LogP contribution in [0.15, 0.2) is 35.3 Å².